The average Bonchev–Trinajstić information content (AvgIpc) is 2.87. The van der Waals surface area contributed by atoms with Crippen molar-refractivity contribution in [1.29, 1.82) is 0 Å². The maximum Gasteiger partial charge on any atom is 0.249 e. The Morgan fingerprint density at radius 3 is 2.71 bits per heavy atom. The highest BCUT2D eigenvalue weighted by atomic mass is 32.2. The summed E-state index contributed by atoms with van der Waals surface area (Å²) in [5, 5.41) is 0. The predicted octanol–water partition coefficient (Wildman–Crippen LogP) is 4.30. The molecule has 1 heterocycles. The zero-order valence-corrected chi connectivity index (χ0v) is 15.1. The van der Waals surface area contributed by atoms with Crippen molar-refractivity contribution in [1.82, 2.24) is 4.57 Å². The van der Waals surface area contributed by atoms with Crippen LogP contribution in [0.15, 0.2) is 52.4 Å². The Labute approximate surface area is 147 Å². The number of aryl methyl sites for hydroxylation is 2. The fraction of sp³-hybridized carbons (Fsp3) is 0.222. The van der Waals surface area contributed by atoms with Crippen LogP contribution in [0.25, 0.3) is 10.2 Å². The predicted molar refractivity (Wildman–Crippen MR) is 97.8 cm³/mol. The van der Waals surface area contributed by atoms with Crippen molar-refractivity contribution in [3.05, 3.63) is 58.6 Å². The summed E-state index contributed by atoms with van der Waals surface area (Å²) < 4.78 is 16.0. The van der Waals surface area contributed by atoms with Crippen molar-refractivity contribution in [3.8, 4) is 0 Å². The molecule has 0 saturated heterocycles. The molecule has 24 heavy (non-hydrogen) atoms. The van der Waals surface area contributed by atoms with E-state index in [4.69, 9.17) is 0 Å². The molecule has 1 aromatic heterocycles. The third kappa shape index (κ3) is 3.76. The number of benzene rings is 2. The summed E-state index contributed by atoms with van der Waals surface area (Å²) in [4.78, 5) is 18.0. The number of fused-ring (bicyclic) bond motifs is 1. The van der Waals surface area contributed by atoms with Crippen LogP contribution in [0.2, 0.25) is 0 Å². The monoisotopic (exact) mass is 360 g/mol. The summed E-state index contributed by atoms with van der Waals surface area (Å²) in [6.45, 7) is 2.06. The standard InChI is InChI=1S/C18H17FN2OS2/c1-12-4-3-5-15-17(12)21(2)18(24-15)20-16(22)10-11-23-14-8-6-13(19)7-9-14/h3-9H,10-11H2,1-2H3. The molecule has 0 N–H and O–H groups in total. The largest absolute Gasteiger partial charge is 0.319 e. The summed E-state index contributed by atoms with van der Waals surface area (Å²) in [6, 6.07) is 12.4. The smallest absolute Gasteiger partial charge is 0.249 e. The minimum atomic E-state index is -0.252. The molecule has 0 fully saturated rings. The number of hydrogen-bond donors (Lipinski definition) is 0. The van der Waals surface area contributed by atoms with Crippen molar-refractivity contribution in [2.45, 2.75) is 18.2 Å². The van der Waals surface area contributed by atoms with Gasteiger partial charge in [0.25, 0.3) is 0 Å². The van der Waals surface area contributed by atoms with Crippen LogP contribution in [0, 0.1) is 12.7 Å². The maximum atomic E-state index is 12.9. The number of carbonyl (C=O) groups is 1. The molecule has 3 rings (SSSR count). The van der Waals surface area contributed by atoms with E-state index in [1.54, 1.807) is 12.1 Å². The Kier molecular flexibility index (Phi) is 5.16. The minimum Gasteiger partial charge on any atom is -0.319 e. The van der Waals surface area contributed by atoms with Gasteiger partial charge in [0.15, 0.2) is 4.80 Å². The third-order valence-electron chi connectivity index (χ3n) is 3.64. The Hall–Kier alpha value is -1.92. The number of para-hydroxylation sites is 1. The van der Waals surface area contributed by atoms with Crippen LogP contribution in [-0.2, 0) is 11.8 Å². The second-order valence-corrected chi connectivity index (χ2v) is 7.60. The molecule has 1 amide bonds. The molecule has 0 saturated carbocycles. The molecule has 0 atom stereocenters. The number of carbonyl (C=O) groups excluding carboxylic acids is 1. The van der Waals surface area contributed by atoms with Gasteiger partial charge in [0, 0.05) is 24.1 Å². The number of nitrogens with zero attached hydrogens (tertiary/aromatic N) is 2. The van der Waals surface area contributed by atoms with Gasteiger partial charge in [-0.1, -0.05) is 23.5 Å². The van der Waals surface area contributed by atoms with Gasteiger partial charge in [-0.3, -0.25) is 4.79 Å². The van der Waals surface area contributed by atoms with Crippen LogP contribution in [0.1, 0.15) is 12.0 Å². The highest BCUT2D eigenvalue weighted by Crippen LogP contribution is 2.20. The summed E-state index contributed by atoms with van der Waals surface area (Å²) in [5.74, 6) is 0.240. The Bertz CT molecular complexity index is 942. The third-order valence-corrected chi connectivity index (χ3v) is 5.75. The van der Waals surface area contributed by atoms with Gasteiger partial charge in [-0.15, -0.1) is 11.8 Å². The molecule has 0 aliphatic rings. The van der Waals surface area contributed by atoms with Gasteiger partial charge in [-0.2, -0.15) is 4.99 Å². The van der Waals surface area contributed by atoms with Crippen LogP contribution >= 0.6 is 23.1 Å². The molecule has 124 valence electrons. The molecule has 3 aromatic rings. The van der Waals surface area contributed by atoms with E-state index in [9.17, 15) is 9.18 Å². The van der Waals surface area contributed by atoms with E-state index >= 15 is 0 Å². The average molecular weight is 360 g/mol. The van der Waals surface area contributed by atoms with Gasteiger partial charge in [0.2, 0.25) is 5.91 Å². The maximum absolute atomic E-state index is 12.9. The molecular weight excluding hydrogens is 343 g/mol. The van der Waals surface area contributed by atoms with Crippen LogP contribution in [-0.4, -0.2) is 16.2 Å². The van der Waals surface area contributed by atoms with E-state index < -0.39 is 0 Å². The van der Waals surface area contributed by atoms with Crippen LogP contribution in [0.4, 0.5) is 4.39 Å². The lowest BCUT2D eigenvalue weighted by Crippen LogP contribution is -2.13. The first-order valence-electron chi connectivity index (χ1n) is 7.55. The lowest BCUT2D eigenvalue weighted by Gasteiger charge is -2.00. The van der Waals surface area contributed by atoms with E-state index in [1.807, 2.05) is 23.7 Å². The number of halogens is 1. The van der Waals surface area contributed by atoms with E-state index in [1.165, 1.54) is 40.8 Å². The molecule has 0 spiro atoms. The topological polar surface area (TPSA) is 34.4 Å². The molecular formula is C18H17FN2OS2. The second kappa shape index (κ2) is 7.32. The number of aromatic nitrogens is 1. The Morgan fingerprint density at radius 1 is 1.25 bits per heavy atom. The van der Waals surface area contributed by atoms with E-state index in [0.717, 1.165) is 19.9 Å². The first-order chi connectivity index (χ1) is 11.5. The minimum absolute atomic E-state index is 0.135. The molecule has 0 bridgehead atoms. The molecule has 0 radical (unpaired) electrons. The van der Waals surface area contributed by atoms with Crippen LogP contribution in [0.5, 0.6) is 0 Å². The van der Waals surface area contributed by atoms with Gasteiger partial charge in [-0.25, -0.2) is 4.39 Å². The highest BCUT2D eigenvalue weighted by molar-refractivity contribution is 7.99. The number of hydrogen-bond acceptors (Lipinski definition) is 3. The molecule has 6 heteroatoms. The molecule has 3 nitrogen and oxygen atoms in total. The number of thioether (sulfide) groups is 1. The highest BCUT2D eigenvalue weighted by Gasteiger charge is 2.07. The Balaban J connectivity index is 1.70. The summed E-state index contributed by atoms with van der Waals surface area (Å²) in [7, 11) is 1.94. The molecule has 0 unspecified atom stereocenters. The van der Waals surface area contributed by atoms with E-state index in [0.29, 0.717) is 12.2 Å². The fourth-order valence-electron chi connectivity index (χ4n) is 2.45. The Morgan fingerprint density at radius 2 is 2.00 bits per heavy atom. The van der Waals surface area contributed by atoms with Gasteiger partial charge in [0.05, 0.1) is 10.2 Å². The summed E-state index contributed by atoms with van der Waals surface area (Å²) in [6.07, 6.45) is 0.356. The normalized spacial score (nSPS) is 12.0. The van der Waals surface area contributed by atoms with Gasteiger partial charge in [-0.05, 0) is 42.8 Å². The number of thiazole rings is 1. The van der Waals surface area contributed by atoms with Crippen molar-refractivity contribution in [2.75, 3.05) is 5.75 Å². The quantitative estimate of drug-likeness (QED) is 0.650. The van der Waals surface area contributed by atoms with Crippen molar-refractivity contribution < 1.29 is 9.18 Å². The van der Waals surface area contributed by atoms with Gasteiger partial charge >= 0.3 is 0 Å². The lowest BCUT2D eigenvalue weighted by molar-refractivity contribution is -0.117. The number of rotatable bonds is 4. The van der Waals surface area contributed by atoms with Crippen molar-refractivity contribution in [2.24, 2.45) is 12.0 Å². The first-order valence-corrected chi connectivity index (χ1v) is 9.36. The summed E-state index contributed by atoms with van der Waals surface area (Å²) in [5.41, 5.74) is 2.29. The molecule has 0 aliphatic heterocycles. The second-order valence-electron chi connectivity index (χ2n) is 5.42. The fourth-order valence-corrected chi connectivity index (χ4v) is 4.41. The van der Waals surface area contributed by atoms with Crippen LogP contribution in [0.3, 0.4) is 0 Å². The van der Waals surface area contributed by atoms with Gasteiger partial charge < -0.3 is 4.57 Å². The number of amides is 1. The first kappa shape index (κ1) is 16.9. The summed E-state index contributed by atoms with van der Waals surface area (Å²) >= 11 is 3.05. The van der Waals surface area contributed by atoms with E-state index in [2.05, 4.69) is 18.0 Å². The van der Waals surface area contributed by atoms with Crippen molar-refractivity contribution in [3.63, 3.8) is 0 Å². The van der Waals surface area contributed by atoms with Gasteiger partial charge in [0.1, 0.15) is 5.82 Å². The molecule has 2 aromatic carbocycles. The zero-order chi connectivity index (χ0) is 17.1. The van der Waals surface area contributed by atoms with Crippen LogP contribution < -0.4 is 4.80 Å². The molecule has 0 aliphatic carbocycles. The van der Waals surface area contributed by atoms with E-state index in [-0.39, 0.29) is 11.7 Å². The zero-order valence-electron chi connectivity index (χ0n) is 13.5. The lowest BCUT2D eigenvalue weighted by atomic mass is 10.2. The van der Waals surface area contributed by atoms with Crippen molar-refractivity contribution >= 4 is 39.2 Å². The SMILES string of the molecule is Cc1cccc2sc(=NC(=O)CCSc3ccc(F)cc3)n(C)c12.